The fourth-order valence-corrected chi connectivity index (χ4v) is 2.20. The number of hydrogen-bond donors (Lipinski definition) is 0. The summed E-state index contributed by atoms with van der Waals surface area (Å²) in [6.45, 7) is 4.18. The zero-order valence-corrected chi connectivity index (χ0v) is 6.39. The topological polar surface area (TPSA) is 26.3 Å². The zero-order chi connectivity index (χ0) is 7.35. The molecule has 0 aromatic heterocycles. The van der Waals surface area contributed by atoms with Crippen molar-refractivity contribution in [2.75, 3.05) is 0 Å². The highest BCUT2D eigenvalue weighted by Crippen LogP contribution is 2.49. The summed E-state index contributed by atoms with van der Waals surface area (Å²) in [7, 11) is 0. The van der Waals surface area contributed by atoms with Crippen molar-refractivity contribution in [2.24, 2.45) is 5.41 Å². The van der Waals surface area contributed by atoms with E-state index in [2.05, 4.69) is 6.92 Å². The number of rotatable bonds is 0. The van der Waals surface area contributed by atoms with Crippen LogP contribution in [-0.4, -0.2) is 18.0 Å². The number of ether oxygens (including phenoxy) is 1. The fourth-order valence-electron chi connectivity index (χ4n) is 2.20. The highest BCUT2D eigenvalue weighted by Gasteiger charge is 2.56. The third kappa shape index (κ3) is 0.601. The molecule has 0 aromatic rings. The molecule has 10 heavy (non-hydrogen) atoms. The molecule has 1 aliphatic carbocycles. The van der Waals surface area contributed by atoms with Crippen LogP contribution in [0.4, 0.5) is 0 Å². The molecule has 3 unspecified atom stereocenters. The smallest absolute Gasteiger partial charge is 0.162 e. The van der Waals surface area contributed by atoms with Crippen molar-refractivity contribution < 1.29 is 9.53 Å². The second-order valence-electron chi connectivity index (χ2n) is 3.83. The quantitative estimate of drug-likeness (QED) is 0.504. The molecule has 1 saturated carbocycles. The van der Waals surface area contributed by atoms with E-state index in [1.165, 1.54) is 0 Å². The third-order valence-corrected chi connectivity index (χ3v) is 2.63. The van der Waals surface area contributed by atoms with Crippen LogP contribution in [0.3, 0.4) is 0 Å². The maximum Gasteiger partial charge on any atom is 0.162 e. The van der Waals surface area contributed by atoms with Crippen molar-refractivity contribution in [2.45, 2.75) is 38.9 Å². The minimum absolute atomic E-state index is 0.0532. The van der Waals surface area contributed by atoms with Crippen molar-refractivity contribution in [3.05, 3.63) is 0 Å². The summed E-state index contributed by atoms with van der Waals surface area (Å²) in [6, 6.07) is 0. The van der Waals surface area contributed by atoms with E-state index in [0.717, 1.165) is 12.8 Å². The van der Waals surface area contributed by atoms with Gasteiger partial charge in [-0.1, -0.05) is 6.92 Å². The molecule has 0 bridgehead atoms. The zero-order valence-electron chi connectivity index (χ0n) is 6.39. The Hall–Kier alpha value is -0.370. The first-order chi connectivity index (χ1) is 4.62. The van der Waals surface area contributed by atoms with Gasteiger partial charge in [0.2, 0.25) is 0 Å². The second kappa shape index (κ2) is 1.62. The van der Waals surface area contributed by atoms with E-state index in [4.69, 9.17) is 4.74 Å². The fraction of sp³-hybridized carbons (Fsp3) is 0.875. The Morgan fingerprint density at radius 3 is 2.80 bits per heavy atom. The number of carbonyl (C=O) groups is 1. The maximum absolute atomic E-state index is 10.9. The van der Waals surface area contributed by atoms with Gasteiger partial charge in [-0.25, -0.2) is 0 Å². The number of fused-ring (bicyclic) bond motifs is 1. The Balaban J connectivity index is 2.19. The highest BCUT2D eigenvalue weighted by molar-refractivity contribution is 5.91. The molecule has 2 heteroatoms. The Morgan fingerprint density at radius 2 is 2.40 bits per heavy atom. The van der Waals surface area contributed by atoms with Gasteiger partial charge in [0, 0.05) is 11.8 Å². The molecular weight excluding hydrogens is 128 g/mol. The summed E-state index contributed by atoms with van der Waals surface area (Å²) in [6.07, 6.45) is 2.04. The van der Waals surface area contributed by atoms with E-state index in [-0.39, 0.29) is 11.5 Å². The van der Waals surface area contributed by atoms with Crippen LogP contribution < -0.4 is 0 Å². The monoisotopic (exact) mass is 140 g/mol. The van der Waals surface area contributed by atoms with E-state index in [1.807, 2.05) is 6.92 Å². The highest BCUT2D eigenvalue weighted by atomic mass is 16.5. The van der Waals surface area contributed by atoms with Crippen molar-refractivity contribution in [1.29, 1.82) is 0 Å². The van der Waals surface area contributed by atoms with E-state index < -0.39 is 0 Å². The molecule has 2 aliphatic rings. The summed E-state index contributed by atoms with van der Waals surface area (Å²) >= 11 is 0. The van der Waals surface area contributed by atoms with Gasteiger partial charge < -0.3 is 4.74 Å². The molecule has 3 atom stereocenters. The van der Waals surface area contributed by atoms with Crippen LogP contribution in [0, 0.1) is 5.41 Å². The molecule has 1 saturated heterocycles. The maximum atomic E-state index is 10.9. The van der Waals surface area contributed by atoms with E-state index in [0.29, 0.717) is 11.9 Å². The van der Waals surface area contributed by atoms with Crippen LogP contribution >= 0.6 is 0 Å². The summed E-state index contributed by atoms with van der Waals surface area (Å²) in [5, 5.41) is 0. The van der Waals surface area contributed by atoms with Gasteiger partial charge in [0.1, 0.15) is 6.10 Å². The standard InChI is InChI=1S/C8H12O2/c1-5-3-8(2)4-6(9)7(8)10-5/h5,7H,3-4H2,1-2H3. The molecule has 56 valence electrons. The van der Waals surface area contributed by atoms with Gasteiger partial charge in [-0.05, 0) is 13.3 Å². The van der Waals surface area contributed by atoms with Crippen LogP contribution in [0.2, 0.25) is 0 Å². The summed E-state index contributed by atoms with van der Waals surface area (Å²) in [5.41, 5.74) is 0.205. The van der Waals surface area contributed by atoms with Gasteiger partial charge in [0.05, 0.1) is 6.10 Å². The lowest BCUT2D eigenvalue weighted by Gasteiger charge is -2.37. The minimum atomic E-state index is -0.0532. The predicted molar refractivity (Wildman–Crippen MR) is 36.7 cm³/mol. The first-order valence-corrected chi connectivity index (χ1v) is 3.80. The van der Waals surface area contributed by atoms with E-state index in [1.54, 1.807) is 0 Å². The van der Waals surface area contributed by atoms with Crippen molar-refractivity contribution >= 4 is 5.78 Å². The Morgan fingerprint density at radius 1 is 1.70 bits per heavy atom. The predicted octanol–water partition coefficient (Wildman–Crippen LogP) is 1.14. The molecule has 0 radical (unpaired) electrons. The number of Topliss-reactive ketones (excluding diaryl/α,β-unsaturated/α-hetero) is 1. The lowest BCUT2D eigenvalue weighted by Crippen LogP contribution is -2.48. The first-order valence-electron chi connectivity index (χ1n) is 3.80. The molecule has 0 spiro atoms. The molecular formula is C8H12O2. The Labute approximate surface area is 60.6 Å². The van der Waals surface area contributed by atoms with Gasteiger partial charge in [0.25, 0.3) is 0 Å². The number of carbonyl (C=O) groups excluding carboxylic acids is 1. The van der Waals surface area contributed by atoms with Crippen LogP contribution in [0.5, 0.6) is 0 Å². The van der Waals surface area contributed by atoms with Gasteiger partial charge in [-0.2, -0.15) is 0 Å². The molecule has 0 aromatic carbocycles. The summed E-state index contributed by atoms with van der Waals surface area (Å²) in [5.74, 6) is 0.298. The first kappa shape index (κ1) is 6.35. The van der Waals surface area contributed by atoms with Crippen molar-refractivity contribution in [3.63, 3.8) is 0 Å². The Bertz CT molecular complexity index is 188. The number of hydrogen-bond acceptors (Lipinski definition) is 2. The van der Waals surface area contributed by atoms with Crippen LogP contribution in [0.15, 0.2) is 0 Å². The van der Waals surface area contributed by atoms with Crippen LogP contribution in [-0.2, 0) is 9.53 Å². The summed E-state index contributed by atoms with van der Waals surface area (Å²) in [4.78, 5) is 10.9. The molecule has 2 nitrogen and oxygen atoms in total. The molecule has 2 rings (SSSR count). The molecule has 1 heterocycles. The number of ketones is 1. The van der Waals surface area contributed by atoms with Crippen LogP contribution in [0.1, 0.15) is 26.7 Å². The third-order valence-electron chi connectivity index (χ3n) is 2.63. The molecule has 1 aliphatic heterocycles. The van der Waals surface area contributed by atoms with Gasteiger partial charge >= 0.3 is 0 Å². The van der Waals surface area contributed by atoms with Gasteiger partial charge in [-0.3, -0.25) is 4.79 Å². The van der Waals surface area contributed by atoms with Gasteiger partial charge in [-0.15, -0.1) is 0 Å². The summed E-state index contributed by atoms with van der Waals surface area (Å²) < 4.78 is 5.43. The average Bonchev–Trinajstić information content (AvgIpc) is 2.03. The molecule has 0 N–H and O–H groups in total. The van der Waals surface area contributed by atoms with E-state index in [9.17, 15) is 4.79 Å². The Kier molecular flexibility index (Phi) is 1.03. The van der Waals surface area contributed by atoms with Crippen molar-refractivity contribution in [3.8, 4) is 0 Å². The van der Waals surface area contributed by atoms with Crippen molar-refractivity contribution in [1.82, 2.24) is 0 Å². The van der Waals surface area contributed by atoms with E-state index >= 15 is 0 Å². The lowest BCUT2D eigenvalue weighted by atomic mass is 9.66. The normalized spacial score (nSPS) is 52.4. The average molecular weight is 140 g/mol. The molecule has 2 fully saturated rings. The lowest BCUT2D eigenvalue weighted by molar-refractivity contribution is -0.148. The van der Waals surface area contributed by atoms with Gasteiger partial charge in [0.15, 0.2) is 5.78 Å². The largest absolute Gasteiger partial charge is 0.367 e. The van der Waals surface area contributed by atoms with Crippen LogP contribution in [0.25, 0.3) is 0 Å². The second-order valence-corrected chi connectivity index (χ2v) is 3.83. The minimum Gasteiger partial charge on any atom is -0.367 e. The molecule has 0 amide bonds. The SMILES string of the molecule is CC1CC2(C)CC(=O)C2O1.